The highest BCUT2D eigenvalue weighted by Gasteiger charge is 2.53. The van der Waals surface area contributed by atoms with Crippen LogP contribution in [0.2, 0.25) is 0 Å². The lowest BCUT2D eigenvalue weighted by atomic mass is 10.0. The lowest BCUT2D eigenvalue weighted by molar-refractivity contribution is 0.466. The minimum atomic E-state index is 0.542. The molecule has 1 aromatic heterocycles. The number of nitrogens with one attached hydrogen (secondary N) is 1. The number of pyridine rings is 1. The molecule has 2 saturated carbocycles. The lowest BCUT2D eigenvalue weighted by Gasteiger charge is -2.16. The summed E-state index contributed by atoms with van der Waals surface area (Å²) in [6.45, 7) is 1.01. The van der Waals surface area contributed by atoms with Crippen molar-refractivity contribution in [3.63, 3.8) is 0 Å². The molecule has 0 spiro atoms. The molecule has 100 valence electrons. The summed E-state index contributed by atoms with van der Waals surface area (Å²) in [5, 5.41) is 13.7. The van der Waals surface area contributed by atoms with Gasteiger partial charge in [0.05, 0.1) is 17.1 Å². The van der Waals surface area contributed by atoms with E-state index in [1.165, 1.54) is 25.7 Å². The zero-order chi connectivity index (χ0) is 13.6. The van der Waals surface area contributed by atoms with E-state index in [4.69, 9.17) is 0 Å². The molecule has 1 heterocycles. The van der Waals surface area contributed by atoms with Gasteiger partial charge >= 0.3 is 0 Å². The van der Waals surface area contributed by atoms with Gasteiger partial charge < -0.3 is 5.32 Å². The summed E-state index contributed by atoms with van der Waals surface area (Å²) in [6.07, 6.45) is 5.50. The van der Waals surface area contributed by atoms with Gasteiger partial charge in [-0.1, -0.05) is 18.2 Å². The molecule has 2 fully saturated rings. The fraction of sp³-hybridized carbons (Fsp3) is 0.412. The van der Waals surface area contributed by atoms with Crippen LogP contribution in [0, 0.1) is 22.7 Å². The van der Waals surface area contributed by atoms with Crippen LogP contribution < -0.4 is 5.32 Å². The van der Waals surface area contributed by atoms with Crippen molar-refractivity contribution < 1.29 is 0 Å². The van der Waals surface area contributed by atoms with E-state index in [9.17, 15) is 5.26 Å². The molecule has 2 aromatic rings. The number of benzene rings is 1. The molecule has 2 aliphatic rings. The number of nitrogens with zero attached hydrogens (tertiary/aromatic N) is 2. The number of rotatable bonds is 4. The highest BCUT2D eigenvalue weighted by molar-refractivity contribution is 5.86. The smallest absolute Gasteiger partial charge is 0.128 e. The molecule has 0 aliphatic heterocycles. The van der Waals surface area contributed by atoms with E-state index in [1.807, 2.05) is 30.3 Å². The van der Waals surface area contributed by atoms with Crippen LogP contribution in [0.5, 0.6) is 0 Å². The van der Waals surface area contributed by atoms with Crippen LogP contribution in [-0.2, 0) is 0 Å². The lowest BCUT2D eigenvalue weighted by Crippen LogP contribution is -2.18. The number of nitriles is 1. The van der Waals surface area contributed by atoms with Gasteiger partial charge in [-0.2, -0.15) is 5.26 Å². The maximum Gasteiger partial charge on any atom is 0.128 e. The largest absolute Gasteiger partial charge is 0.369 e. The highest BCUT2D eigenvalue weighted by atomic mass is 15.0. The average Bonchev–Trinajstić information content (AvgIpc) is 3.37. The molecule has 1 aromatic carbocycles. The summed E-state index contributed by atoms with van der Waals surface area (Å²) >= 11 is 0. The van der Waals surface area contributed by atoms with Crippen LogP contribution >= 0.6 is 0 Å². The predicted molar refractivity (Wildman–Crippen MR) is 79.3 cm³/mol. The van der Waals surface area contributed by atoms with Gasteiger partial charge in [0.15, 0.2) is 0 Å². The second kappa shape index (κ2) is 4.21. The summed E-state index contributed by atoms with van der Waals surface area (Å²) in [5.74, 6) is 1.78. The van der Waals surface area contributed by atoms with Gasteiger partial charge in [-0.05, 0) is 49.1 Å². The first-order valence-corrected chi connectivity index (χ1v) is 7.34. The molecule has 2 aliphatic carbocycles. The quantitative estimate of drug-likeness (QED) is 0.914. The van der Waals surface area contributed by atoms with Gasteiger partial charge in [0.2, 0.25) is 0 Å². The van der Waals surface area contributed by atoms with Crippen molar-refractivity contribution in [2.24, 2.45) is 11.3 Å². The Balaban J connectivity index is 1.62. The molecule has 1 N–H and O–H groups in total. The van der Waals surface area contributed by atoms with Gasteiger partial charge in [-0.25, -0.2) is 4.98 Å². The Morgan fingerprint density at radius 3 is 2.80 bits per heavy atom. The summed E-state index contributed by atoms with van der Waals surface area (Å²) in [5.41, 5.74) is 2.14. The van der Waals surface area contributed by atoms with Crippen molar-refractivity contribution in [3.05, 3.63) is 35.9 Å². The SMILES string of the molecule is N#Cc1cc(NCC2(C3CC3)CC2)nc2ccccc12. The fourth-order valence-corrected chi connectivity index (χ4v) is 3.21. The zero-order valence-electron chi connectivity index (χ0n) is 11.4. The second-order valence-electron chi connectivity index (χ2n) is 6.17. The van der Waals surface area contributed by atoms with E-state index in [-0.39, 0.29) is 0 Å². The second-order valence-corrected chi connectivity index (χ2v) is 6.17. The molecular weight excluding hydrogens is 246 g/mol. The van der Waals surface area contributed by atoms with Crippen molar-refractivity contribution >= 4 is 16.7 Å². The van der Waals surface area contributed by atoms with Crippen molar-refractivity contribution in [2.45, 2.75) is 25.7 Å². The third kappa shape index (κ3) is 1.92. The summed E-state index contributed by atoms with van der Waals surface area (Å²) in [7, 11) is 0. The summed E-state index contributed by atoms with van der Waals surface area (Å²) < 4.78 is 0. The maximum absolute atomic E-state index is 9.29. The van der Waals surface area contributed by atoms with E-state index in [0.29, 0.717) is 11.0 Å². The van der Waals surface area contributed by atoms with Crippen molar-refractivity contribution in [1.82, 2.24) is 4.98 Å². The third-order valence-corrected chi connectivity index (χ3v) is 4.79. The standard InChI is InChI=1S/C17H17N3/c18-10-12-9-16(20-15-4-2-1-3-14(12)15)19-11-17(7-8-17)13-5-6-13/h1-4,9,13H,5-8,11H2,(H,19,20). The van der Waals surface area contributed by atoms with Crippen LogP contribution in [0.25, 0.3) is 10.9 Å². The monoisotopic (exact) mass is 263 g/mol. The molecule has 20 heavy (non-hydrogen) atoms. The topological polar surface area (TPSA) is 48.7 Å². The molecule has 0 saturated heterocycles. The summed E-state index contributed by atoms with van der Waals surface area (Å²) in [4.78, 5) is 4.63. The van der Waals surface area contributed by atoms with Crippen LogP contribution in [0.1, 0.15) is 31.2 Å². The Bertz CT molecular complexity index is 706. The molecular formula is C17H17N3. The van der Waals surface area contributed by atoms with Crippen LogP contribution in [0.3, 0.4) is 0 Å². The first-order chi connectivity index (χ1) is 9.81. The molecule has 3 nitrogen and oxygen atoms in total. The first kappa shape index (κ1) is 11.7. The Labute approximate surface area is 118 Å². The Kier molecular flexibility index (Phi) is 2.47. The zero-order valence-corrected chi connectivity index (χ0v) is 11.4. The van der Waals surface area contributed by atoms with Crippen molar-refractivity contribution in [3.8, 4) is 6.07 Å². The minimum absolute atomic E-state index is 0.542. The summed E-state index contributed by atoms with van der Waals surface area (Å²) in [6, 6.07) is 12.0. The fourth-order valence-electron chi connectivity index (χ4n) is 3.21. The number of para-hydroxylation sites is 1. The van der Waals surface area contributed by atoms with Crippen LogP contribution in [0.4, 0.5) is 5.82 Å². The third-order valence-electron chi connectivity index (χ3n) is 4.79. The Hall–Kier alpha value is -2.08. The van der Waals surface area contributed by atoms with E-state index >= 15 is 0 Å². The maximum atomic E-state index is 9.29. The molecule has 0 unspecified atom stereocenters. The van der Waals surface area contributed by atoms with E-state index in [0.717, 1.165) is 29.2 Å². The number of fused-ring (bicyclic) bond motifs is 1. The van der Waals surface area contributed by atoms with Gasteiger partial charge in [0.25, 0.3) is 0 Å². The number of hydrogen-bond donors (Lipinski definition) is 1. The van der Waals surface area contributed by atoms with Crippen molar-refractivity contribution in [2.75, 3.05) is 11.9 Å². The van der Waals surface area contributed by atoms with E-state index in [1.54, 1.807) is 0 Å². The normalized spacial score (nSPS) is 19.6. The van der Waals surface area contributed by atoms with Crippen LogP contribution in [0.15, 0.2) is 30.3 Å². The molecule has 0 atom stereocenters. The Morgan fingerprint density at radius 2 is 2.10 bits per heavy atom. The number of aromatic nitrogens is 1. The highest BCUT2D eigenvalue weighted by Crippen LogP contribution is 2.61. The van der Waals surface area contributed by atoms with Gasteiger partial charge in [-0.3, -0.25) is 0 Å². The van der Waals surface area contributed by atoms with Gasteiger partial charge in [0.1, 0.15) is 5.82 Å². The predicted octanol–water partition coefficient (Wildman–Crippen LogP) is 3.71. The first-order valence-electron chi connectivity index (χ1n) is 7.34. The van der Waals surface area contributed by atoms with Crippen LogP contribution in [-0.4, -0.2) is 11.5 Å². The minimum Gasteiger partial charge on any atom is -0.369 e. The average molecular weight is 263 g/mol. The van der Waals surface area contributed by atoms with Gasteiger partial charge in [-0.15, -0.1) is 0 Å². The number of hydrogen-bond acceptors (Lipinski definition) is 3. The number of anilines is 1. The van der Waals surface area contributed by atoms with Crippen molar-refractivity contribution in [1.29, 1.82) is 5.26 Å². The van der Waals surface area contributed by atoms with E-state index < -0.39 is 0 Å². The molecule has 4 rings (SSSR count). The molecule has 0 radical (unpaired) electrons. The molecule has 0 amide bonds. The Morgan fingerprint density at radius 1 is 1.30 bits per heavy atom. The van der Waals surface area contributed by atoms with Gasteiger partial charge in [0, 0.05) is 11.9 Å². The van der Waals surface area contributed by atoms with E-state index in [2.05, 4.69) is 16.4 Å². The molecule has 3 heteroatoms. The molecule has 0 bridgehead atoms.